The topological polar surface area (TPSA) is 29.0 Å². The first-order valence-electron chi connectivity index (χ1n) is 7.00. The lowest BCUT2D eigenvalue weighted by Gasteiger charge is -2.43. The van der Waals surface area contributed by atoms with Gasteiger partial charge in [0, 0.05) is 18.7 Å². The van der Waals surface area contributed by atoms with Gasteiger partial charge in [-0.3, -0.25) is 4.90 Å². The van der Waals surface area contributed by atoms with Crippen LogP contribution in [-0.4, -0.2) is 21.4 Å². The molecule has 0 amide bonds. The highest BCUT2D eigenvalue weighted by Crippen LogP contribution is 2.37. The lowest BCUT2D eigenvalue weighted by atomic mass is 9.88. The van der Waals surface area contributed by atoms with E-state index in [0.29, 0.717) is 5.15 Å². The molecule has 1 aromatic heterocycles. The zero-order chi connectivity index (χ0) is 15.0. The van der Waals surface area contributed by atoms with Gasteiger partial charge in [0.25, 0.3) is 0 Å². The Balaban J connectivity index is 1.96. The number of aromatic nitrogens is 2. The Labute approximate surface area is 134 Å². The third kappa shape index (κ3) is 2.78. The molecule has 21 heavy (non-hydrogen) atoms. The summed E-state index contributed by atoms with van der Waals surface area (Å²) >= 11 is 12.2. The Hall–Kier alpha value is -1.16. The molecule has 0 bridgehead atoms. The van der Waals surface area contributed by atoms with E-state index < -0.39 is 0 Å². The summed E-state index contributed by atoms with van der Waals surface area (Å²) in [6, 6.07) is 10.5. The van der Waals surface area contributed by atoms with Crippen LogP contribution in [0.5, 0.6) is 0 Å². The average molecular weight is 322 g/mol. The second kappa shape index (κ2) is 5.56. The van der Waals surface area contributed by atoms with Gasteiger partial charge in [-0.2, -0.15) is 0 Å². The summed E-state index contributed by atoms with van der Waals surface area (Å²) in [5, 5.41) is 0.700. The van der Waals surface area contributed by atoms with E-state index in [1.54, 1.807) is 0 Å². The molecule has 1 aliphatic heterocycles. The van der Waals surface area contributed by atoms with Gasteiger partial charge < -0.3 is 0 Å². The third-order valence-corrected chi connectivity index (χ3v) is 4.63. The molecule has 0 saturated carbocycles. The number of rotatable bonds is 2. The molecule has 0 aliphatic carbocycles. The summed E-state index contributed by atoms with van der Waals surface area (Å²) in [6.07, 6.45) is 0.849. The Morgan fingerprint density at radius 1 is 1.14 bits per heavy atom. The molecule has 0 saturated heterocycles. The molecule has 0 radical (unpaired) electrons. The molecular formula is C16H17Cl2N3. The Kier molecular flexibility index (Phi) is 3.91. The summed E-state index contributed by atoms with van der Waals surface area (Å²) in [4.78, 5) is 10.9. The van der Waals surface area contributed by atoms with Crippen LogP contribution < -0.4 is 0 Å². The van der Waals surface area contributed by atoms with Crippen molar-refractivity contribution in [3.63, 3.8) is 0 Å². The second-order valence-corrected chi connectivity index (χ2v) is 6.52. The van der Waals surface area contributed by atoms with Gasteiger partial charge >= 0.3 is 0 Å². The van der Waals surface area contributed by atoms with E-state index in [4.69, 9.17) is 23.2 Å². The molecule has 2 aromatic rings. The van der Waals surface area contributed by atoms with Crippen molar-refractivity contribution in [3.8, 4) is 0 Å². The first-order chi connectivity index (χ1) is 9.98. The number of hydrogen-bond donors (Lipinski definition) is 0. The highest BCUT2D eigenvalue weighted by atomic mass is 35.5. The van der Waals surface area contributed by atoms with Gasteiger partial charge in [0.1, 0.15) is 5.15 Å². The van der Waals surface area contributed by atoms with Crippen LogP contribution in [0, 0.1) is 0 Å². The molecule has 0 unspecified atom stereocenters. The molecule has 3 rings (SSSR count). The number of benzene rings is 1. The van der Waals surface area contributed by atoms with Crippen molar-refractivity contribution >= 4 is 23.2 Å². The summed E-state index contributed by atoms with van der Waals surface area (Å²) in [7, 11) is 0. The van der Waals surface area contributed by atoms with E-state index in [1.165, 1.54) is 5.56 Å². The Morgan fingerprint density at radius 2 is 1.86 bits per heavy atom. The molecule has 0 fully saturated rings. The monoisotopic (exact) mass is 321 g/mol. The van der Waals surface area contributed by atoms with Crippen LogP contribution in [0.4, 0.5) is 0 Å². The van der Waals surface area contributed by atoms with Crippen molar-refractivity contribution in [3.05, 3.63) is 57.6 Å². The highest BCUT2D eigenvalue weighted by Gasteiger charge is 2.37. The maximum absolute atomic E-state index is 6.23. The van der Waals surface area contributed by atoms with E-state index in [9.17, 15) is 0 Å². The summed E-state index contributed by atoms with van der Waals surface area (Å²) < 4.78 is 0. The smallest absolute Gasteiger partial charge is 0.224 e. The van der Waals surface area contributed by atoms with Gasteiger partial charge in [-0.25, -0.2) is 9.97 Å². The minimum Gasteiger partial charge on any atom is -0.288 e. The molecule has 0 spiro atoms. The van der Waals surface area contributed by atoms with E-state index in [1.807, 2.05) is 6.07 Å². The van der Waals surface area contributed by atoms with E-state index in [-0.39, 0.29) is 10.8 Å². The van der Waals surface area contributed by atoms with Crippen molar-refractivity contribution in [2.75, 3.05) is 6.54 Å². The molecule has 1 aromatic carbocycles. The van der Waals surface area contributed by atoms with Gasteiger partial charge in [-0.1, -0.05) is 41.9 Å². The van der Waals surface area contributed by atoms with Crippen molar-refractivity contribution in [2.24, 2.45) is 0 Å². The highest BCUT2D eigenvalue weighted by molar-refractivity contribution is 6.32. The quantitative estimate of drug-likeness (QED) is 0.616. The molecule has 0 atom stereocenters. The zero-order valence-corrected chi connectivity index (χ0v) is 13.6. The molecule has 0 N–H and O–H groups in total. The standard InChI is InChI=1S/C16H17Cl2N3/c1-16(2)13-12(14(17)20-15(18)19-13)8-9-21(16)10-11-6-4-3-5-7-11/h3-7H,8-10H2,1-2H3. The molecule has 2 heterocycles. The summed E-state index contributed by atoms with van der Waals surface area (Å²) in [5.41, 5.74) is 3.03. The molecule has 3 nitrogen and oxygen atoms in total. The Bertz CT molecular complexity index is 656. The fourth-order valence-corrected chi connectivity index (χ4v) is 3.39. The summed E-state index contributed by atoms with van der Waals surface area (Å²) in [5.74, 6) is 0. The van der Waals surface area contributed by atoms with Gasteiger partial charge in [-0.15, -0.1) is 0 Å². The number of fused-ring (bicyclic) bond motifs is 1. The van der Waals surface area contributed by atoms with Crippen LogP contribution in [0.15, 0.2) is 30.3 Å². The van der Waals surface area contributed by atoms with Crippen LogP contribution in [0.3, 0.4) is 0 Å². The lowest BCUT2D eigenvalue weighted by Crippen LogP contribution is -2.47. The van der Waals surface area contributed by atoms with E-state index in [0.717, 1.165) is 30.8 Å². The lowest BCUT2D eigenvalue weighted by molar-refractivity contribution is 0.0934. The number of halogens is 2. The van der Waals surface area contributed by atoms with Crippen LogP contribution in [0.1, 0.15) is 30.7 Å². The zero-order valence-electron chi connectivity index (χ0n) is 12.1. The normalized spacial score (nSPS) is 17.5. The van der Waals surface area contributed by atoms with Gasteiger partial charge in [0.2, 0.25) is 5.28 Å². The number of nitrogens with zero attached hydrogens (tertiary/aromatic N) is 3. The Morgan fingerprint density at radius 3 is 2.57 bits per heavy atom. The van der Waals surface area contributed by atoms with Gasteiger partial charge in [-0.05, 0) is 37.4 Å². The van der Waals surface area contributed by atoms with Crippen molar-refractivity contribution in [1.29, 1.82) is 0 Å². The summed E-state index contributed by atoms with van der Waals surface area (Å²) in [6.45, 7) is 6.13. The van der Waals surface area contributed by atoms with Crippen LogP contribution >= 0.6 is 23.2 Å². The fraction of sp³-hybridized carbons (Fsp3) is 0.375. The third-order valence-electron chi connectivity index (χ3n) is 4.15. The molecule has 5 heteroatoms. The maximum Gasteiger partial charge on any atom is 0.224 e. The largest absolute Gasteiger partial charge is 0.288 e. The minimum atomic E-state index is -0.223. The van der Waals surface area contributed by atoms with Crippen molar-refractivity contribution < 1.29 is 0 Å². The van der Waals surface area contributed by atoms with Crippen LogP contribution in [-0.2, 0) is 18.5 Å². The van der Waals surface area contributed by atoms with E-state index in [2.05, 4.69) is 53.0 Å². The van der Waals surface area contributed by atoms with Crippen molar-refractivity contribution in [1.82, 2.24) is 14.9 Å². The average Bonchev–Trinajstić information content (AvgIpc) is 2.44. The van der Waals surface area contributed by atoms with Crippen LogP contribution in [0.25, 0.3) is 0 Å². The molecule has 110 valence electrons. The first kappa shape index (κ1) is 14.8. The SMILES string of the molecule is CC1(C)c2nc(Cl)nc(Cl)c2CCN1Cc1ccccc1. The predicted octanol–water partition coefficient (Wildman–Crippen LogP) is 4.08. The predicted molar refractivity (Wildman–Crippen MR) is 85.6 cm³/mol. The van der Waals surface area contributed by atoms with Crippen molar-refractivity contribution in [2.45, 2.75) is 32.4 Å². The molecular weight excluding hydrogens is 305 g/mol. The molecule has 1 aliphatic rings. The first-order valence-corrected chi connectivity index (χ1v) is 7.75. The van der Waals surface area contributed by atoms with E-state index >= 15 is 0 Å². The second-order valence-electron chi connectivity index (χ2n) is 5.83. The van der Waals surface area contributed by atoms with Gasteiger partial charge in [0.05, 0.1) is 11.2 Å². The van der Waals surface area contributed by atoms with Crippen LogP contribution in [0.2, 0.25) is 10.4 Å². The maximum atomic E-state index is 6.23. The van der Waals surface area contributed by atoms with Gasteiger partial charge in [0.15, 0.2) is 0 Å². The minimum absolute atomic E-state index is 0.216. The number of hydrogen-bond acceptors (Lipinski definition) is 3. The fourth-order valence-electron chi connectivity index (χ4n) is 2.92.